The second-order valence-corrected chi connectivity index (χ2v) is 8.59. The van der Waals surface area contributed by atoms with E-state index in [0.717, 1.165) is 22.4 Å². The Balaban J connectivity index is 1.72. The number of aromatic nitrogens is 1. The van der Waals surface area contributed by atoms with Crippen LogP contribution in [-0.4, -0.2) is 4.57 Å². The third-order valence-corrected chi connectivity index (χ3v) is 6.33. The van der Waals surface area contributed by atoms with Crippen LogP contribution in [0.25, 0.3) is 11.8 Å². The fourth-order valence-corrected chi connectivity index (χ4v) is 4.70. The van der Waals surface area contributed by atoms with Gasteiger partial charge < -0.3 is 0 Å². The molecule has 0 bridgehead atoms. The first-order valence-corrected chi connectivity index (χ1v) is 10.9. The molecule has 0 aliphatic carbocycles. The Morgan fingerprint density at radius 2 is 1.68 bits per heavy atom. The van der Waals surface area contributed by atoms with Gasteiger partial charge in [0.25, 0.3) is 5.56 Å². The molecule has 0 saturated heterocycles. The number of rotatable bonds is 3. The number of halogens is 2. The van der Waals surface area contributed by atoms with Crippen LogP contribution in [0.2, 0.25) is 5.02 Å². The number of hydrogen-bond acceptors (Lipinski definition) is 3. The third-order valence-electron chi connectivity index (χ3n) is 5.10. The molecule has 3 nitrogen and oxygen atoms in total. The molecule has 0 saturated carbocycles. The summed E-state index contributed by atoms with van der Waals surface area (Å²) in [7, 11) is 0. The maximum absolute atomic E-state index is 13.3. The van der Waals surface area contributed by atoms with E-state index in [-0.39, 0.29) is 17.4 Å². The highest BCUT2D eigenvalue weighted by atomic mass is 35.5. The first kappa shape index (κ1) is 19.7. The quantitative estimate of drug-likeness (QED) is 0.445. The van der Waals surface area contributed by atoms with Gasteiger partial charge in [-0.15, -0.1) is 0 Å². The summed E-state index contributed by atoms with van der Waals surface area (Å²) in [6.07, 6.45) is 3.77. The average Bonchev–Trinajstić information content (AvgIpc) is 3.11. The van der Waals surface area contributed by atoms with Crippen LogP contribution in [0.3, 0.4) is 0 Å². The van der Waals surface area contributed by atoms with E-state index in [0.29, 0.717) is 14.4 Å². The second kappa shape index (κ2) is 8.10. The maximum atomic E-state index is 13.3. The molecule has 0 fully saturated rings. The van der Waals surface area contributed by atoms with Crippen molar-refractivity contribution in [1.29, 1.82) is 0 Å². The Bertz CT molecular complexity index is 1450. The summed E-state index contributed by atoms with van der Waals surface area (Å²) in [4.78, 5) is 18.7. The van der Waals surface area contributed by atoms with E-state index in [1.807, 2.05) is 60.7 Å². The molecular weight excluding hydrogens is 431 g/mol. The van der Waals surface area contributed by atoms with Crippen LogP contribution in [0.5, 0.6) is 0 Å². The highest BCUT2D eigenvalue weighted by Gasteiger charge is 2.22. The van der Waals surface area contributed by atoms with Gasteiger partial charge in [0.1, 0.15) is 5.82 Å². The molecule has 6 heteroatoms. The number of benzene rings is 3. The van der Waals surface area contributed by atoms with Gasteiger partial charge in [0.15, 0.2) is 4.80 Å². The van der Waals surface area contributed by atoms with Crippen molar-refractivity contribution in [3.63, 3.8) is 0 Å². The molecular formula is C25H16ClFN2OS. The molecule has 0 radical (unpaired) electrons. The van der Waals surface area contributed by atoms with E-state index in [2.05, 4.69) is 0 Å². The lowest BCUT2D eigenvalue weighted by atomic mass is 10.0. The Hall–Kier alpha value is -3.28. The standard InChI is InChI=1S/C25H16ClFN2OS/c26-19-10-8-18(9-11-19)22-15-21(17-4-2-1-3-5-17)28-25-29(22)24(30)23(31-25)14-16-6-12-20(27)13-7-16/h1-15,22H. The summed E-state index contributed by atoms with van der Waals surface area (Å²) < 4.78 is 15.5. The van der Waals surface area contributed by atoms with Crippen molar-refractivity contribution in [1.82, 2.24) is 4.57 Å². The highest BCUT2D eigenvalue weighted by molar-refractivity contribution is 7.07. The summed E-state index contributed by atoms with van der Waals surface area (Å²) in [6.45, 7) is 0. The number of fused-ring (bicyclic) bond motifs is 1. The summed E-state index contributed by atoms with van der Waals surface area (Å²) in [5.74, 6) is -0.311. The molecule has 5 rings (SSSR count). The molecule has 0 amide bonds. The van der Waals surface area contributed by atoms with Gasteiger partial charge in [0, 0.05) is 5.02 Å². The smallest absolute Gasteiger partial charge is 0.271 e. The lowest BCUT2D eigenvalue weighted by Gasteiger charge is -2.19. The van der Waals surface area contributed by atoms with Gasteiger partial charge in [-0.25, -0.2) is 9.38 Å². The van der Waals surface area contributed by atoms with Crippen molar-refractivity contribution in [3.8, 4) is 0 Å². The van der Waals surface area contributed by atoms with Crippen LogP contribution in [0, 0.1) is 5.82 Å². The molecule has 3 aromatic carbocycles. The monoisotopic (exact) mass is 446 g/mol. The van der Waals surface area contributed by atoms with Crippen LogP contribution in [0.4, 0.5) is 4.39 Å². The zero-order valence-electron chi connectivity index (χ0n) is 16.2. The normalized spacial score (nSPS) is 15.9. The molecule has 1 aromatic heterocycles. The maximum Gasteiger partial charge on any atom is 0.271 e. The molecule has 31 heavy (non-hydrogen) atoms. The second-order valence-electron chi connectivity index (χ2n) is 7.15. The molecule has 4 aromatic rings. The van der Waals surface area contributed by atoms with Crippen molar-refractivity contribution < 1.29 is 4.39 Å². The minimum Gasteiger partial charge on any atom is -0.272 e. The van der Waals surface area contributed by atoms with E-state index < -0.39 is 0 Å². The fraction of sp³-hybridized carbons (Fsp3) is 0.0400. The molecule has 1 atom stereocenters. The molecule has 1 aliphatic heterocycles. The molecule has 0 N–H and O–H groups in total. The first-order chi connectivity index (χ1) is 15.1. The minimum atomic E-state index is -0.311. The first-order valence-electron chi connectivity index (χ1n) is 9.68. The molecule has 1 unspecified atom stereocenters. The Labute approximate surface area is 186 Å². The van der Waals surface area contributed by atoms with E-state index in [9.17, 15) is 9.18 Å². The minimum absolute atomic E-state index is 0.128. The van der Waals surface area contributed by atoms with Gasteiger partial charge in [-0.2, -0.15) is 0 Å². The van der Waals surface area contributed by atoms with Gasteiger partial charge in [0.05, 0.1) is 16.3 Å². The van der Waals surface area contributed by atoms with Crippen molar-refractivity contribution in [3.05, 3.63) is 132 Å². The van der Waals surface area contributed by atoms with Crippen molar-refractivity contribution in [2.45, 2.75) is 6.04 Å². The lowest BCUT2D eigenvalue weighted by molar-refractivity contribution is 0.628. The van der Waals surface area contributed by atoms with Gasteiger partial charge in [-0.05, 0) is 53.1 Å². The average molecular weight is 447 g/mol. The van der Waals surface area contributed by atoms with Crippen LogP contribution >= 0.6 is 22.9 Å². The highest BCUT2D eigenvalue weighted by Crippen LogP contribution is 2.27. The number of nitrogens with zero attached hydrogens (tertiary/aromatic N) is 2. The van der Waals surface area contributed by atoms with Crippen molar-refractivity contribution in [2.24, 2.45) is 4.99 Å². The van der Waals surface area contributed by atoms with Crippen molar-refractivity contribution >= 4 is 34.7 Å². The van der Waals surface area contributed by atoms with Gasteiger partial charge in [0.2, 0.25) is 0 Å². The third kappa shape index (κ3) is 3.90. The Morgan fingerprint density at radius 3 is 2.39 bits per heavy atom. The molecule has 152 valence electrons. The largest absolute Gasteiger partial charge is 0.272 e. The van der Waals surface area contributed by atoms with Crippen LogP contribution in [0.1, 0.15) is 22.7 Å². The summed E-state index contributed by atoms with van der Waals surface area (Å²) in [5.41, 5.74) is 3.38. The molecule has 1 aliphatic rings. The Kier molecular flexibility index (Phi) is 5.14. The van der Waals surface area contributed by atoms with Crippen LogP contribution in [0.15, 0.2) is 94.7 Å². The van der Waals surface area contributed by atoms with Gasteiger partial charge in [-0.3, -0.25) is 9.36 Å². The lowest BCUT2D eigenvalue weighted by Crippen LogP contribution is -2.36. The Morgan fingerprint density at radius 1 is 0.968 bits per heavy atom. The molecule has 0 spiro atoms. The fourth-order valence-electron chi connectivity index (χ4n) is 3.56. The number of hydrogen-bond donors (Lipinski definition) is 0. The van der Waals surface area contributed by atoms with Gasteiger partial charge in [-0.1, -0.05) is 77.5 Å². The topological polar surface area (TPSA) is 34.4 Å². The van der Waals surface area contributed by atoms with E-state index in [1.54, 1.807) is 22.8 Å². The number of thiazole rings is 1. The van der Waals surface area contributed by atoms with Crippen LogP contribution in [-0.2, 0) is 0 Å². The zero-order valence-corrected chi connectivity index (χ0v) is 17.8. The SMILES string of the molecule is O=c1c(=Cc2ccc(F)cc2)sc2n1C(c1ccc(Cl)cc1)C=C(c1ccccc1)N=2. The van der Waals surface area contributed by atoms with E-state index in [4.69, 9.17) is 16.6 Å². The van der Waals surface area contributed by atoms with Crippen LogP contribution < -0.4 is 14.9 Å². The summed E-state index contributed by atoms with van der Waals surface area (Å²) in [6, 6.07) is 23.1. The predicted octanol–water partition coefficient (Wildman–Crippen LogP) is 4.79. The summed E-state index contributed by atoms with van der Waals surface area (Å²) in [5, 5.41) is 0.639. The van der Waals surface area contributed by atoms with Gasteiger partial charge >= 0.3 is 0 Å². The van der Waals surface area contributed by atoms with E-state index >= 15 is 0 Å². The molecule has 2 heterocycles. The predicted molar refractivity (Wildman–Crippen MR) is 123 cm³/mol. The summed E-state index contributed by atoms with van der Waals surface area (Å²) >= 11 is 7.41. The number of allylic oxidation sites excluding steroid dienone is 1. The van der Waals surface area contributed by atoms with Crippen molar-refractivity contribution in [2.75, 3.05) is 0 Å². The zero-order chi connectivity index (χ0) is 21.4. The van der Waals surface area contributed by atoms with E-state index in [1.165, 1.54) is 23.5 Å².